The lowest BCUT2D eigenvalue weighted by molar-refractivity contribution is 0.167. The first kappa shape index (κ1) is 15.4. The highest BCUT2D eigenvalue weighted by Crippen LogP contribution is 2.30. The molecule has 4 rings (SSSR count). The largest absolute Gasteiger partial charge is 0.381 e. The average Bonchev–Trinajstić information content (AvgIpc) is 3.19. The number of nitrogens with zero attached hydrogens (tertiary/aromatic N) is 4. The van der Waals surface area contributed by atoms with E-state index in [0.717, 1.165) is 61.4 Å². The molecule has 1 N–H and O–H groups in total. The molecule has 1 aliphatic carbocycles. The van der Waals surface area contributed by atoms with Gasteiger partial charge in [0.05, 0.1) is 24.2 Å². The topological polar surface area (TPSA) is 72.3 Å². The Hall–Kier alpha value is -2.15. The lowest BCUT2D eigenvalue weighted by Gasteiger charge is -2.25. The number of aromatic nitrogens is 3. The number of hydrogen-bond donors (Lipinski definition) is 1. The van der Waals surface area contributed by atoms with E-state index in [1.54, 1.807) is 10.9 Å². The molecule has 0 radical (unpaired) electrons. The number of aryl methyl sites for hydroxylation is 2. The first-order valence-electron chi connectivity index (χ1n) is 8.56. The van der Waals surface area contributed by atoms with Crippen molar-refractivity contribution in [2.45, 2.75) is 32.2 Å². The summed E-state index contributed by atoms with van der Waals surface area (Å²) >= 11 is 0. The van der Waals surface area contributed by atoms with Gasteiger partial charge in [-0.15, -0.1) is 0 Å². The zero-order chi connectivity index (χ0) is 16.7. The van der Waals surface area contributed by atoms with Gasteiger partial charge in [0, 0.05) is 37.5 Å². The standard InChI is InChI=1S/C17H23N5O2/c1-11-15-7-13(8-18-16(15)21(2)20-11)19-17(23)22(14-3-4-14)9-12-5-6-24-10-12/h7-8,12,14H,3-6,9-10H2,1-2H3,(H,19,23). The number of carbonyl (C=O) groups excluding carboxylic acids is 1. The third kappa shape index (κ3) is 2.96. The molecular weight excluding hydrogens is 306 g/mol. The maximum atomic E-state index is 12.7. The van der Waals surface area contributed by atoms with Gasteiger partial charge in [0.15, 0.2) is 5.65 Å². The molecule has 2 aromatic heterocycles. The SMILES string of the molecule is Cc1nn(C)c2ncc(NC(=O)N(CC3CCOC3)C3CC3)cc12. The van der Waals surface area contributed by atoms with E-state index >= 15 is 0 Å². The van der Waals surface area contributed by atoms with Gasteiger partial charge in [-0.2, -0.15) is 5.10 Å². The lowest BCUT2D eigenvalue weighted by atomic mass is 10.1. The molecule has 24 heavy (non-hydrogen) atoms. The van der Waals surface area contributed by atoms with Crippen molar-refractivity contribution in [2.24, 2.45) is 13.0 Å². The van der Waals surface area contributed by atoms with E-state index in [2.05, 4.69) is 15.4 Å². The van der Waals surface area contributed by atoms with Crippen molar-refractivity contribution >= 4 is 22.8 Å². The fourth-order valence-corrected chi connectivity index (χ4v) is 3.36. The van der Waals surface area contributed by atoms with Crippen molar-refractivity contribution in [3.63, 3.8) is 0 Å². The molecule has 1 saturated carbocycles. The van der Waals surface area contributed by atoms with Gasteiger partial charge in [0.2, 0.25) is 0 Å². The predicted molar refractivity (Wildman–Crippen MR) is 90.9 cm³/mol. The van der Waals surface area contributed by atoms with Gasteiger partial charge in [-0.25, -0.2) is 9.78 Å². The fourth-order valence-electron chi connectivity index (χ4n) is 3.36. The second-order valence-corrected chi connectivity index (χ2v) is 6.85. The molecule has 0 bridgehead atoms. The summed E-state index contributed by atoms with van der Waals surface area (Å²) in [6.07, 6.45) is 4.93. The molecule has 2 fully saturated rings. The molecule has 128 valence electrons. The van der Waals surface area contributed by atoms with Gasteiger partial charge < -0.3 is 15.0 Å². The highest BCUT2D eigenvalue weighted by Gasteiger charge is 2.35. The smallest absolute Gasteiger partial charge is 0.322 e. The molecule has 0 aromatic carbocycles. The molecule has 3 heterocycles. The van der Waals surface area contributed by atoms with Gasteiger partial charge in [-0.05, 0) is 32.3 Å². The number of fused-ring (bicyclic) bond motifs is 1. The number of anilines is 1. The minimum atomic E-state index is -0.0351. The highest BCUT2D eigenvalue weighted by atomic mass is 16.5. The van der Waals surface area contributed by atoms with Crippen molar-refractivity contribution in [1.29, 1.82) is 0 Å². The van der Waals surface area contributed by atoms with Crippen LogP contribution >= 0.6 is 0 Å². The van der Waals surface area contributed by atoms with Crippen LogP contribution in [0.3, 0.4) is 0 Å². The second-order valence-electron chi connectivity index (χ2n) is 6.85. The summed E-state index contributed by atoms with van der Waals surface area (Å²) < 4.78 is 7.20. The van der Waals surface area contributed by atoms with E-state index in [4.69, 9.17) is 4.74 Å². The average molecular weight is 329 g/mol. The number of ether oxygens (including phenoxy) is 1. The van der Waals surface area contributed by atoms with Gasteiger partial charge >= 0.3 is 6.03 Å². The van der Waals surface area contributed by atoms with Crippen molar-refractivity contribution in [3.8, 4) is 0 Å². The Balaban J connectivity index is 1.50. The van der Waals surface area contributed by atoms with Crippen LogP contribution in [0.1, 0.15) is 25.0 Å². The van der Waals surface area contributed by atoms with E-state index in [-0.39, 0.29) is 6.03 Å². The number of hydrogen-bond acceptors (Lipinski definition) is 4. The van der Waals surface area contributed by atoms with Crippen LogP contribution < -0.4 is 5.32 Å². The summed E-state index contributed by atoms with van der Waals surface area (Å²) in [6.45, 7) is 4.30. The van der Waals surface area contributed by atoms with Crippen molar-refractivity contribution in [1.82, 2.24) is 19.7 Å². The molecule has 0 spiro atoms. The van der Waals surface area contributed by atoms with Gasteiger partial charge in [-0.3, -0.25) is 4.68 Å². The Kier molecular flexibility index (Phi) is 3.88. The molecule has 1 aliphatic heterocycles. The molecule has 7 heteroatoms. The maximum absolute atomic E-state index is 12.7. The summed E-state index contributed by atoms with van der Waals surface area (Å²) in [5.74, 6) is 0.456. The van der Waals surface area contributed by atoms with Gasteiger partial charge in [0.25, 0.3) is 0 Å². The molecule has 7 nitrogen and oxygen atoms in total. The molecule has 2 aromatic rings. The van der Waals surface area contributed by atoms with Crippen LogP contribution in [0.25, 0.3) is 11.0 Å². The Morgan fingerprint density at radius 2 is 2.29 bits per heavy atom. The van der Waals surface area contributed by atoms with E-state index in [0.29, 0.717) is 12.0 Å². The second kappa shape index (κ2) is 6.05. The Morgan fingerprint density at radius 3 is 3.00 bits per heavy atom. The van der Waals surface area contributed by atoms with Crippen LogP contribution in [-0.2, 0) is 11.8 Å². The Labute approximate surface area is 141 Å². The number of pyridine rings is 1. The monoisotopic (exact) mass is 329 g/mol. The van der Waals surface area contributed by atoms with E-state index < -0.39 is 0 Å². The highest BCUT2D eigenvalue weighted by molar-refractivity contribution is 5.92. The Morgan fingerprint density at radius 1 is 1.46 bits per heavy atom. The van der Waals surface area contributed by atoms with E-state index in [1.165, 1.54) is 0 Å². The maximum Gasteiger partial charge on any atom is 0.322 e. The summed E-state index contributed by atoms with van der Waals surface area (Å²) in [5.41, 5.74) is 2.46. The molecule has 1 atom stereocenters. The number of urea groups is 1. The minimum Gasteiger partial charge on any atom is -0.381 e. The predicted octanol–water partition coefficient (Wildman–Crippen LogP) is 2.31. The number of rotatable bonds is 4. The normalized spacial score (nSPS) is 20.5. The van der Waals surface area contributed by atoms with Crippen molar-refractivity contribution in [3.05, 3.63) is 18.0 Å². The van der Waals surface area contributed by atoms with Crippen LogP contribution in [0.5, 0.6) is 0 Å². The summed E-state index contributed by atoms with van der Waals surface area (Å²) in [5, 5.41) is 8.35. The van der Waals surface area contributed by atoms with Crippen LogP contribution in [0.2, 0.25) is 0 Å². The molecular formula is C17H23N5O2. The lowest BCUT2D eigenvalue weighted by Crippen LogP contribution is -2.40. The number of amides is 2. The summed E-state index contributed by atoms with van der Waals surface area (Å²) in [7, 11) is 1.87. The molecule has 2 amide bonds. The van der Waals surface area contributed by atoms with Gasteiger partial charge in [-0.1, -0.05) is 0 Å². The van der Waals surface area contributed by atoms with E-state index in [9.17, 15) is 4.79 Å². The third-order valence-electron chi connectivity index (χ3n) is 4.84. The molecule has 1 unspecified atom stereocenters. The number of carbonyl (C=O) groups is 1. The third-order valence-corrected chi connectivity index (χ3v) is 4.84. The first-order valence-corrected chi connectivity index (χ1v) is 8.56. The number of nitrogens with one attached hydrogen (secondary N) is 1. The van der Waals surface area contributed by atoms with Crippen molar-refractivity contribution in [2.75, 3.05) is 25.1 Å². The summed E-state index contributed by atoms with van der Waals surface area (Å²) in [4.78, 5) is 19.1. The fraction of sp³-hybridized carbons (Fsp3) is 0.588. The summed E-state index contributed by atoms with van der Waals surface area (Å²) in [6, 6.07) is 2.29. The Bertz CT molecular complexity index is 762. The molecule has 2 aliphatic rings. The van der Waals surface area contributed by atoms with Crippen LogP contribution in [0.15, 0.2) is 12.3 Å². The van der Waals surface area contributed by atoms with Crippen LogP contribution in [0.4, 0.5) is 10.5 Å². The van der Waals surface area contributed by atoms with Crippen molar-refractivity contribution < 1.29 is 9.53 Å². The minimum absolute atomic E-state index is 0.0351. The van der Waals surface area contributed by atoms with E-state index in [1.807, 2.05) is 24.9 Å². The van der Waals surface area contributed by atoms with Crippen LogP contribution in [-0.4, -0.2) is 51.5 Å². The van der Waals surface area contributed by atoms with Crippen LogP contribution in [0, 0.1) is 12.8 Å². The first-order chi connectivity index (χ1) is 11.6. The quantitative estimate of drug-likeness (QED) is 0.934. The zero-order valence-electron chi connectivity index (χ0n) is 14.2. The zero-order valence-corrected chi connectivity index (χ0v) is 14.2. The van der Waals surface area contributed by atoms with Gasteiger partial charge in [0.1, 0.15) is 0 Å². The molecule has 1 saturated heterocycles.